The largest absolute Gasteiger partial charge is 0.491 e. The molecule has 0 unspecified atom stereocenters. The van der Waals surface area contributed by atoms with E-state index < -0.39 is 24.2 Å². The number of rotatable bonds is 14. The standard InChI is InChI=1S/C31H35N3O7/c1-2-39-27(17-8-9-18-28(36)33-26-16-7-6-15-25(26)32)29(23-13-10-14-24(21-23)40-20-19-35)41-31(38)34-30(37)22-11-4-3-5-12-22/h3-7,9-16,18,21,27,29,35H,2,8,17,19-20,32H2,1H3,(H,33,36)(H,34,37,38)/b18-9+/t27-,29-/m1/s1. The number of nitrogens with one attached hydrogen (secondary N) is 2. The predicted octanol–water partition coefficient (Wildman–Crippen LogP) is 4.63. The number of anilines is 2. The number of hydrogen-bond donors (Lipinski definition) is 4. The zero-order chi connectivity index (χ0) is 29.5. The maximum absolute atomic E-state index is 12.8. The Labute approximate surface area is 239 Å². The third-order valence-electron chi connectivity index (χ3n) is 5.86. The number of carbonyl (C=O) groups is 3. The molecule has 0 aliphatic heterocycles. The average Bonchev–Trinajstić information content (AvgIpc) is 2.98. The lowest BCUT2D eigenvalue weighted by Gasteiger charge is -2.27. The molecule has 0 spiro atoms. The van der Waals surface area contributed by atoms with Crippen molar-refractivity contribution in [1.82, 2.24) is 5.32 Å². The highest BCUT2D eigenvalue weighted by Gasteiger charge is 2.28. The Bertz CT molecular complexity index is 1310. The number of nitrogen functional groups attached to an aromatic ring is 1. The molecular formula is C31H35N3O7. The molecule has 0 radical (unpaired) electrons. The molecule has 0 aromatic heterocycles. The van der Waals surface area contributed by atoms with Crippen LogP contribution in [0.5, 0.6) is 5.75 Å². The first-order valence-electron chi connectivity index (χ1n) is 13.3. The Kier molecular flexibility index (Phi) is 12.4. The maximum atomic E-state index is 12.8. The molecule has 3 aromatic rings. The monoisotopic (exact) mass is 561 g/mol. The number of aliphatic hydroxyl groups excluding tert-OH is 1. The van der Waals surface area contributed by atoms with Crippen LogP contribution in [0.3, 0.4) is 0 Å². The number of amides is 3. The summed E-state index contributed by atoms with van der Waals surface area (Å²) in [7, 11) is 0. The van der Waals surface area contributed by atoms with Gasteiger partial charge in [-0.3, -0.25) is 14.9 Å². The molecule has 0 fully saturated rings. The van der Waals surface area contributed by atoms with Gasteiger partial charge in [-0.2, -0.15) is 0 Å². The summed E-state index contributed by atoms with van der Waals surface area (Å²) >= 11 is 0. The Morgan fingerprint density at radius 2 is 1.76 bits per heavy atom. The fourth-order valence-electron chi connectivity index (χ4n) is 3.97. The fraction of sp³-hybridized carbons (Fsp3) is 0.258. The number of para-hydroxylation sites is 2. The van der Waals surface area contributed by atoms with Crippen molar-refractivity contribution in [3.05, 3.63) is 102 Å². The first-order valence-corrected chi connectivity index (χ1v) is 13.3. The molecule has 3 aromatic carbocycles. The van der Waals surface area contributed by atoms with Crippen LogP contribution in [0.25, 0.3) is 0 Å². The summed E-state index contributed by atoms with van der Waals surface area (Å²) in [5.74, 6) is -0.468. The Hall–Kier alpha value is -4.67. The molecular weight excluding hydrogens is 526 g/mol. The van der Waals surface area contributed by atoms with Gasteiger partial charge in [0.1, 0.15) is 12.4 Å². The number of imide groups is 1. The highest BCUT2D eigenvalue weighted by Crippen LogP contribution is 2.30. The minimum absolute atomic E-state index is 0.0947. The third kappa shape index (κ3) is 10.1. The van der Waals surface area contributed by atoms with E-state index in [-0.39, 0.29) is 19.1 Å². The quantitative estimate of drug-likeness (QED) is 0.164. The summed E-state index contributed by atoms with van der Waals surface area (Å²) in [5, 5.41) is 14.1. The van der Waals surface area contributed by atoms with Crippen LogP contribution < -0.4 is 21.1 Å². The summed E-state index contributed by atoms with van der Waals surface area (Å²) in [4.78, 5) is 37.7. The molecule has 5 N–H and O–H groups in total. The van der Waals surface area contributed by atoms with Crippen molar-refractivity contribution in [2.75, 3.05) is 30.9 Å². The molecule has 2 atom stereocenters. The van der Waals surface area contributed by atoms with Crippen molar-refractivity contribution >= 4 is 29.3 Å². The Morgan fingerprint density at radius 1 is 1.00 bits per heavy atom. The topological polar surface area (TPSA) is 149 Å². The number of alkyl carbamates (subject to hydrolysis) is 1. The SMILES string of the molecule is CCO[C@H](CC/C=C/C(=O)Nc1ccccc1N)[C@H](OC(=O)NC(=O)c1ccccc1)c1cccc(OCCO)c1. The van der Waals surface area contributed by atoms with E-state index in [0.717, 1.165) is 0 Å². The van der Waals surface area contributed by atoms with E-state index in [9.17, 15) is 14.4 Å². The zero-order valence-electron chi connectivity index (χ0n) is 22.8. The van der Waals surface area contributed by atoms with Gasteiger partial charge in [0.15, 0.2) is 6.10 Å². The molecule has 10 heteroatoms. The molecule has 0 bridgehead atoms. The van der Waals surface area contributed by atoms with Crippen molar-refractivity contribution in [2.45, 2.75) is 32.0 Å². The second-order valence-corrected chi connectivity index (χ2v) is 8.84. The number of benzene rings is 3. The van der Waals surface area contributed by atoms with Gasteiger partial charge in [0.05, 0.1) is 24.1 Å². The average molecular weight is 562 g/mol. The summed E-state index contributed by atoms with van der Waals surface area (Å²) < 4.78 is 17.3. The minimum atomic E-state index is -0.939. The lowest BCUT2D eigenvalue weighted by molar-refractivity contribution is -0.111. The second kappa shape index (κ2) is 16.4. The Balaban J connectivity index is 1.74. The van der Waals surface area contributed by atoms with E-state index >= 15 is 0 Å². The van der Waals surface area contributed by atoms with Gasteiger partial charge in [-0.1, -0.05) is 48.5 Å². The molecule has 0 saturated heterocycles. The lowest BCUT2D eigenvalue weighted by atomic mass is 10.00. The molecule has 0 saturated carbocycles. The van der Waals surface area contributed by atoms with E-state index in [2.05, 4.69) is 10.6 Å². The van der Waals surface area contributed by atoms with Crippen LogP contribution in [0.2, 0.25) is 0 Å². The highest BCUT2D eigenvalue weighted by molar-refractivity contribution is 6.03. The van der Waals surface area contributed by atoms with Gasteiger partial charge in [0.25, 0.3) is 5.91 Å². The van der Waals surface area contributed by atoms with E-state index in [1.807, 2.05) is 6.92 Å². The van der Waals surface area contributed by atoms with Crippen LogP contribution in [0.15, 0.2) is 91.0 Å². The number of hydrogen-bond acceptors (Lipinski definition) is 8. The number of aliphatic hydroxyl groups is 1. The van der Waals surface area contributed by atoms with E-state index in [1.54, 1.807) is 84.9 Å². The molecule has 0 heterocycles. The first-order chi connectivity index (χ1) is 19.9. The third-order valence-corrected chi connectivity index (χ3v) is 5.86. The summed E-state index contributed by atoms with van der Waals surface area (Å²) in [6.07, 6.45) is 1.43. The molecule has 3 amide bonds. The zero-order valence-corrected chi connectivity index (χ0v) is 22.8. The van der Waals surface area contributed by atoms with E-state index in [1.165, 1.54) is 6.08 Å². The van der Waals surface area contributed by atoms with Crippen LogP contribution in [-0.4, -0.2) is 48.9 Å². The molecule has 216 valence electrons. The summed E-state index contributed by atoms with van der Waals surface area (Å²) in [6.45, 7) is 2.08. The molecule has 0 aliphatic carbocycles. The van der Waals surface area contributed by atoms with Gasteiger partial charge in [-0.05, 0) is 67.8 Å². The van der Waals surface area contributed by atoms with E-state index in [4.69, 9.17) is 25.1 Å². The predicted molar refractivity (Wildman–Crippen MR) is 155 cm³/mol. The van der Waals surface area contributed by atoms with Crippen LogP contribution >= 0.6 is 0 Å². The fourth-order valence-corrected chi connectivity index (χ4v) is 3.97. The molecule has 3 rings (SSSR count). The van der Waals surface area contributed by atoms with Gasteiger partial charge in [-0.25, -0.2) is 4.79 Å². The van der Waals surface area contributed by atoms with Gasteiger partial charge in [0.2, 0.25) is 5.91 Å². The van der Waals surface area contributed by atoms with Crippen LogP contribution in [-0.2, 0) is 14.3 Å². The molecule has 41 heavy (non-hydrogen) atoms. The van der Waals surface area contributed by atoms with Gasteiger partial charge < -0.3 is 30.4 Å². The molecule has 0 aliphatic rings. The lowest BCUT2D eigenvalue weighted by Crippen LogP contribution is -2.35. The van der Waals surface area contributed by atoms with Crippen molar-refractivity contribution < 1.29 is 33.7 Å². The summed E-state index contributed by atoms with van der Waals surface area (Å²) in [5.41, 5.74) is 7.74. The van der Waals surface area contributed by atoms with Crippen molar-refractivity contribution in [3.8, 4) is 5.75 Å². The van der Waals surface area contributed by atoms with Crippen molar-refractivity contribution in [1.29, 1.82) is 0 Å². The van der Waals surface area contributed by atoms with Gasteiger partial charge in [0, 0.05) is 12.2 Å². The highest BCUT2D eigenvalue weighted by atomic mass is 16.6. The van der Waals surface area contributed by atoms with Crippen molar-refractivity contribution in [3.63, 3.8) is 0 Å². The van der Waals surface area contributed by atoms with Crippen LogP contribution in [0.4, 0.5) is 16.2 Å². The van der Waals surface area contributed by atoms with Crippen LogP contribution in [0.1, 0.15) is 41.8 Å². The van der Waals surface area contributed by atoms with Crippen LogP contribution in [0, 0.1) is 0 Å². The van der Waals surface area contributed by atoms with Crippen molar-refractivity contribution in [2.24, 2.45) is 0 Å². The Morgan fingerprint density at radius 3 is 2.49 bits per heavy atom. The normalized spacial score (nSPS) is 12.3. The first kappa shape index (κ1) is 30.9. The van der Waals surface area contributed by atoms with Gasteiger partial charge in [-0.15, -0.1) is 0 Å². The number of allylic oxidation sites excluding steroid dienone is 1. The van der Waals surface area contributed by atoms with E-state index in [0.29, 0.717) is 47.7 Å². The number of ether oxygens (including phenoxy) is 3. The second-order valence-electron chi connectivity index (χ2n) is 8.84. The number of nitrogens with two attached hydrogens (primary N) is 1. The summed E-state index contributed by atoms with van der Waals surface area (Å²) in [6, 6.07) is 22.1. The van der Waals surface area contributed by atoms with Gasteiger partial charge >= 0.3 is 6.09 Å². The smallest absolute Gasteiger partial charge is 0.414 e. The maximum Gasteiger partial charge on any atom is 0.414 e. The minimum Gasteiger partial charge on any atom is -0.491 e. The number of carbonyl (C=O) groups excluding carboxylic acids is 3. The molecule has 10 nitrogen and oxygen atoms in total.